The first-order chi connectivity index (χ1) is 13.4. The molecule has 0 saturated carbocycles. The van der Waals surface area contributed by atoms with Crippen molar-refractivity contribution in [3.05, 3.63) is 121 Å². The molecule has 0 fully saturated rings. The topological polar surface area (TPSA) is 54.4 Å². The van der Waals surface area contributed by atoms with Gasteiger partial charge in [-0.2, -0.15) is 8.42 Å². The Balaban J connectivity index is 0.000000212. The molecule has 0 amide bonds. The Morgan fingerprint density at radius 2 is 1.00 bits per heavy atom. The Labute approximate surface area is 167 Å². The van der Waals surface area contributed by atoms with Gasteiger partial charge in [0.25, 0.3) is 10.1 Å². The van der Waals surface area contributed by atoms with Crippen LogP contribution in [0.4, 0.5) is 0 Å². The van der Waals surface area contributed by atoms with Crippen molar-refractivity contribution in [2.24, 2.45) is 0 Å². The van der Waals surface area contributed by atoms with Gasteiger partial charge in [-0.1, -0.05) is 111 Å². The molecule has 0 heterocycles. The monoisotopic (exact) mass is 392 g/mol. The Morgan fingerprint density at radius 3 is 1.29 bits per heavy atom. The maximum atomic E-state index is 10.4. The molecule has 28 heavy (non-hydrogen) atoms. The van der Waals surface area contributed by atoms with E-state index in [2.05, 4.69) is 19.7 Å². The van der Waals surface area contributed by atoms with Gasteiger partial charge in [0.2, 0.25) is 0 Å². The molecule has 0 radical (unpaired) electrons. The van der Waals surface area contributed by atoms with Crippen LogP contribution in [-0.4, -0.2) is 13.0 Å². The predicted octanol–water partition coefficient (Wildman–Crippen LogP) is 6.24. The smallest absolute Gasteiger partial charge is 0.282 e. The molecule has 0 aromatic heterocycles. The molecule has 0 unspecified atom stereocenters. The van der Waals surface area contributed by atoms with Crippen LogP contribution < -0.4 is 0 Å². The van der Waals surface area contributed by atoms with Crippen molar-refractivity contribution in [3.63, 3.8) is 0 Å². The molecule has 4 heteroatoms. The molecule has 0 aliphatic heterocycles. The molecule has 0 bridgehead atoms. The van der Waals surface area contributed by atoms with Crippen LogP contribution in [0.1, 0.15) is 16.7 Å². The maximum Gasteiger partial charge on any atom is 0.294 e. The van der Waals surface area contributed by atoms with Crippen molar-refractivity contribution in [1.82, 2.24) is 0 Å². The summed E-state index contributed by atoms with van der Waals surface area (Å²) < 4.78 is 29.2. The van der Waals surface area contributed by atoms with Gasteiger partial charge in [0, 0.05) is 0 Å². The van der Waals surface area contributed by atoms with Crippen molar-refractivity contribution < 1.29 is 13.0 Å². The van der Waals surface area contributed by atoms with Crippen LogP contribution in [-0.2, 0) is 10.1 Å². The third-order valence-electron chi connectivity index (χ3n) is 3.51. The first-order valence-electron chi connectivity index (χ1n) is 8.46. The fourth-order valence-electron chi connectivity index (χ4n) is 2.06. The summed E-state index contributed by atoms with van der Waals surface area (Å²) in [6.07, 6.45) is 5.49. The number of hydrogen-bond acceptors (Lipinski definition) is 2. The summed E-state index contributed by atoms with van der Waals surface area (Å²) in [7, 11) is -4.00. The molecule has 0 saturated heterocycles. The third-order valence-corrected chi connectivity index (χ3v) is 4.38. The van der Waals surface area contributed by atoms with E-state index < -0.39 is 10.1 Å². The van der Waals surface area contributed by atoms with Crippen molar-refractivity contribution in [3.8, 4) is 0 Å². The van der Waals surface area contributed by atoms with Crippen molar-refractivity contribution >= 4 is 28.3 Å². The summed E-state index contributed by atoms with van der Waals surface area (Å²) in [5.41, 5.74) is 3.45. The summed E-state index contributed by atoms with van der Waals surface area (Å²) in [5.74, 6) is 0. The average Bonchev–Trinajstić information content (AvgIpc) is 2.75. The van der Waals surface area contributed by atoms with E-state index in [9.17, 15) is 8.42 Å². The number of rotatable bonds is 4. The number of hydrogen-bond donors (Lipinski definition) is 1. The van der Waals surface area contributed by atoms with Crippen LogP contribution >= 0.6 is 0 Å². The average molecular weight is 393 g/mol. The highest BCUT2D eigenvalue weighted by Crippen LogP contribution is 2.10. The van der Waals surface area contributed by atoms with E-state index in [1.54, 1.807) is 18.2 Å². The lowest BCUT2D eigenvalue weighted by Crippen LogP contribution is -1.96. The van der Waals surface area contributed by atoms with Crippen LogP contribution in [0.2, 0.25) is 0 Å². The highest BCUT2D eigenvalue weighted by molar-refractivity contribution is 7.85. The number of benzene rings is 3. The van der Waals surface area contributed by atoms with Gasteiger partial charge in [-0.25, -0.2) is 0 Å². The zero-order chi connectivity index (χ0) is 20.8. The van der Waals surface area contributed by atoms with Crippen LogP contribution in [0.25, 0.3) is 18.2 Å². The molecule has 0 spiro atoms. The van der Waals surface area contributed by atoms with Crippen LogP contribution in [0.15, 0.2) is 110 Å². The minimum Gasteiger partial charge on any atom is -0.282 e. The summed E-state index contributed by atoms with van der Waals surface area (Å²) in [6, 6.07) is 25.5. The lowest BCUT2D eigenvalue weighted by atomic mass is 10.1. The SMILES string of the molecule is C=Cc1ccccc1.C=Cc1ccccc1C=C.O=S(=O)(O)c1ccccc1. The Bertz CT molecular complexity index is 950. The minimum absolute atomic E-state index is 0.0741. The molecule has 0 aliphatic carbocycles. The summed E-state index contributed by atoms with van der Waals surface area (Å²) >= 11 is 0. The molecule has 0 aliphatic rings. The van der Waals surface area contributed by atoms with E-state index in [1.807, 2.05) is 72.8 Å². The van der Waals surface area contributed by atoms with Crippen molar-refractivity contribution in [2.75, 3.05) is 0 Å². The van der Waals surface area contributed by atoms with Crippen LogP contribution in [0, 0.1) is 0 Å². The van der Waals surface area contributed by atoms with Gasteiger partial charge in [-0.3, -0.25) is 4.55 Å². The molecule has 3 aromatic carbocycles. The van der Waals surface area contributed by atoms with Gasteiger partial charge in [0.15, 0.2) is 0 Å². The van der Waals surface area contributed by atoms with Crippen molar-refractivity contribution in [2.45, 2.75) is 4.90 Å². The summed E-state index contributed by atoms with van der Waals surface area (Å²) in [6.45, 7) is 11.0. The Morgan fingerprint density at radius 1 is 0.607 bits per heavy atom. The highest BCUT2D eigenvalue weighted by Gasteiger charge is 2.05. The molecule has 3 rings (SSSR count). The molecular formula is C24H24O3S. The molecule has 0 atom stereocenters. The zero-order valence-electron chi connectivity index (χ0n) is 15.6. The van der Waals surface area contributed by atoms with E-state index in [1.165, 1.54) is 17.7 Å². The van der Waals surface area contributed by atoms with Gasteiger partial charge < -0.3 is 0 Å². The fraction of sp³-hybridized carbons (Fsp3) is 0. The van der Waals surface area contributed by atoms with Gasteiger partial charge in [-0.15, -0.1) is 0 Å². The lowest BCUT2D eigenvalue weighted by Gasteiger charge is -1.96. The van der Waals surface area contributed by atoms with E-state index in [-0.39, 0.29) is 4.90 Å². The Kier molecular flexibility index (Phi) is 9.97. The van der Waals surface area contributed by atoms with Gasteiger partial charge in [0.05, 0.1) is 4.90 Å². The quantitative estimate of drug-likeness (QED) is 0.535. The van der Waals surface area contributed by atoms with Gasteiger partial charge in [0.1, 0.15) is 0 Å². The second-order valence-corrected chi connectivity index (χ2v) is 6.86. The summed E-state index contributed by atoms with van der Waals surface area (Å²) in [4.78, 5) is -0.0741. The van der Waals surface area contributed by atoms with Gasteiger partial charge >= 0.3 is 0 Å². The summed E-state index contributed by atoms with van der Waals surface area (Å²) in [5, 5.41) is 0. The zero-order valence-corrected chi connectivity index (χ0v) is 16.4. The largest absolute Gasteiger partial charge is 0.294 e. The van der Waals surface area contributed by atoms with Crippen LogP contribution in [0.5, 0.6) is 0 Å². The molecule has 3 aromatic rings. The first-order valence-corrected chi connectivity index (χ1v) is 9.90. The second-order valence-electron chi connectivity index (χ2n) is 5.44. The lowest BCUT2D eigenvalue weighted by molar-refractivity contribution is 0.483. The Hall–Kier alpha value is -3.21. The standard InChI is InChI=1S/C10H10.C8H8.C6H6O3S/c1-3-9-7-5-6-8-10(9)4-2;1-2-8-6-4-3-5-7-8;7-10(8,9)6-4-2-1-3-5-6/h3-8H,1-2H2;2-7H,1H2;1-5H,(H,7,8,9). The van der Waals surface area contributed by atoms with E-state index in [0.29, 0.717) is 0 Å². The van der Waals surface area contributed by atoms with Crippen LogP contribution in [0.3, 0.4) is 0 Å². The second kappa shape index (κ2) is 12.2. The first kappa shape index (κ1) is 22.8. The molecule has 144 valence electrons. The van der Waals surface area contributed by atoms with E-state index in [4.69, 9.17) is 4.55 Å². The third kappa shape index (κ3) is 8.45. The van der Waals surface area contributed by atoms with Crippen molar-refractivity contribution in [1.29, 1.82) is 0 Å². The predicted molar refractivity (Wildman–Crippen MR) is 119 cm³/mol. The van der Waals surface area contributed by atoms with E-state index in [0.717, 1.165) is 11.1 Å². The highest BCUT2D eigenvalue weighted by atomic mass is 32.2. The fourth-order valence-corrected chi connectivity index (χ4v) is 2.57. The molecular weight excluding hydrogens is 368 g/mol. The molecule has 1 N–H and O–H groups in total. The van der Waals surface area contributed by atoms with E-state index >= 15 is 0 Å². The molecule has 3 nitrogen and oxygen atoms in total. The van der Waals surface area contributed by atoms with Gasteiger partial charge in [-0.05, 0) is 28.8 Å². The minimum atomic E-state index is -4.00. The maximum absolute atomic E-state index is 10.4. The normalized spacial score (nSPS) is 9.61.